The van der Waals surface area contributed by atoms with E-state index in [4.69, 9.17) is 14.2 Å². The van der Waals surface area contributed by atoms with Gasteiger partial charge < -0.3 is 19.5 Å². The van der Waals surface area contributed by atoms with Crippen LogP contribution in [0.5, 0.6) is 11.5 Å². The third kappa shape index (κ3) is 6.47. The smallest absolute Gasteiger partial charge is 0.331 e. The Morgan fingerprint density at radius 1 is 1.11 bits per heavy atom. The summed E-state index contributed by atoms with van der Waals surface area (Å²) in [6.07, 6.45) is 2.75. The first-order chi connectivity index (χ1) is 13.0. The van der Waals surface area contributed by atoms with Gasteiger partial charge in [0.25, 0.3) is 5.91 Å². The number of nitrogens with one attached hydrogen (secondary N) is 1. The van der Waals surface area contributed by atoms with E-state index in [1.165, 1.54) is 37.5 Å². The Bertz CT molecular complexity index is 818. The number of halogens is 1. The lowest BCUT2D eigenvalue weighted by atomic mass is 10.2. The SMILES string of the molecule is CCOc1ccc(/C=C/C(=O)OCC(=O)Nc2ccc(F)cc2)cc1OC. The summed E-state index contributed by atoms with van der Waals surface area (Å²) in [6, 6.07) is 10.5. The van der Waals surface area contributed by atoms with Crippen LogP contribution < -0.4 is 14.8 Å². The molecular formula is C20H20FNO5. The highest BCUT2D eigenvalue weighted by molar-refractivity contribution is 5.94. The van der Waals surface area contributed by atoms with Gasteiger partial charge in [-0.1, -0.05) is 6.07 Å². The fraction of sp³-hybridized carbons (Fsp3) is 0.200. The number of hydrogen-bond donors (Lipinski definition) is 1. The second-order valence-electron chi connectivity index (χ2n) is 5.34. The van der Waals surface area contributed by atoms with Crippen molar-refractivity contribution in [3.63, 3.8) is 0 Å². The lowest BCUT2D eigenvalue weighted by Crippen LogP contribution is -2.20. The zero-order chi connectivity index (χ0) is 19.6. The van der Waals surface area contributed by atoms with Crippen LogP contribution in [0.2, 0.25) is 0 Å². The van der Waals surface area contributed by atoms with Gasteiger partial charge in [0.15, 0.2) is 18.1 Å². The number of esters is 1. The molecule has 1 amide bonds. The molecule has 0 aliphatic carbocycles. The number of hydrogen-bond acceptors (Lipinski definition) is 5. The summed E-state index contributed by atoms with van der Waals surface area (Å²) in [4.78, 5) is 23.5. The molecule has 142 valence electrons. The van der Waals surface area contributed by atoms with Gasteiger partial charge in [-0.3, -0.25) is 4.79 Å². The molecular weight excluding hydrogens is 353 g/mol. The highest BCUT2D eigenvalue weighted by Gasteiger charge is 2.07. The van der Waals surface area contributed by atoms with Gasteiger partial charge in [-0.25, -0.2) is 9.18 Å². The van der Waals surface area contributed by atoms with Gasteiger partial charge in [0, 0.05) is 11.8 Å². The fourth-order valence-electron chi connectivity index (χ4n) is 2.14. The molecule has 0 bridgehead atoms. The standard InChI is InChI=1S/C20H20FNO5/c1-3-26-17-10-4-14(12-18(17)25-2)5-11-20(24)27-13-19(23)22-16-8-6-15(21)7-9-16/h4-12H,3,13H2,1-2H3,(H,22,23)/b11-5+. The highest BCUT2D eigenvalue weighted by Crippen LogP contribution is 2.28. The molecule has 2 rings (SSSR count). The van der Waals surface area contributed by atoms with Gasteiger partial charge in [-0.15, -0.1) is 0 Å². The Hall–Kier alpha value is -3.35. The van der Waals surface area contributed by atoms with E-state index in [2.05, 4.69) is 5.32 Å². The van der Waals surface area contributed by atoms with Gasteiger partial charge in [0.2, 0.25) is 0 Å². The lowest BCUT2D eigenvalue weighted by Gasteiger charge is -2.09. The number of amides is 1. The van der Waals surface area contributed by atoms with Gasteiger partial charge in [0.05, 0.1) is 13.7 Å². The molecule has 0 saturated carbocycles. The van der Waals surface area contributed by atoms with Crippen LogP contribution in [0.1, 0.15) is 12.5 Å². The highest BCUT2D eigenvalue weighted by atomic mass is 19.1. The molecule has 0 spiro atoms. The normalized spacial score (nSPS) is 10.5. The molecule has 1 N–H and O–H groups in total. The monoisotopic (exact) mass is 373 g/mol. The molecule has 2 aromatic rings. The van der Waals surface area contributed by atoms with Crippen molar-refractivity contribution in [3.05, 3.63) is 59.9 Å². The Morgan fingerprint density at radius 2 is 1.85 bits per heavy atom. The topological polar surface area (TPSA) is 73.9 Å². The molecule has 0 aromatic heterocycles. The minimum atomic E-state index is -0.669. The molecule has 27 heavy (non-hydrogen) atoms. The first-order valence-corrected chi connectivity index (χ1v) is 8.23. The van der Waals surface area contributed by atoms with E-state index < -0.39 is 24.3 Å². The third-order valence-electron chi connectivity index (χ3n) is 3.37. The molecule has 0 saturated heterocycles. The van der Waals surface area contributed by atoms with Crippen LogP contribution in [0.15, 0.2) is 48.5 Å². The predicted octanol–water partition coefficient (Wildman–Crippen LogP) is 3.43. The van der Waals surface area contributed by atoms with E-state index in [0.29, 0.717) is 29.4 Å². The van der Waals surface area contributed by atoms with Crippen molar-refractivity contribution in [1.82, 2.24) is 0 Å². The summed E-state index contributed by atoms with van der Waals surface area (Å²) < 4.78 is 28.3. The molecule has 0 fully saturated rings. The quantitative estimate of drug-likeness (QED) is 0.567. The second-order valence-corrected chi connectivity index (χ2v) is 5.34. The maximum Gasteiger partial charge on any atom is 0.331 e. The van der Waals surface area contributed by atoms with Gasteiger partial charge in [-0.05, 0) is 55.0 Å². The van der Waals surface area contributed by atoms with Crippen molar-refractivity contribution in [2.45, 2.75) is 6.92 Å². The molecule has 2 aromatic carbocycles. The third-order valence-corrected chi connectivity index (χ3v) is 3.37. The van der Waals surface area contributed by atoms with Crippen molar-refractivity contribution in [2.75, 3.05) is 25.6 Å². The summed E-state index contributed by atoms with van der Waals surface area (Å²) in [5.41, 5.74) is 1.12. The Labute approximate surface area is 156 Å². The van der Waals surface area contributed by atoms with Crippen LogP contribution in [-0.2, 0) is 14.3 Å². The van der Waals surface area contributed by atoms with Crippen LogP contribution in [0.4, 0.5) is 10.1 Å². The van der Waals surface area contributed by atoms with Gasteiger partial charge >= 0.3 is 5.97 Å². The van der Waals surface area contributed by atoms with Crippen molar-refractivity contribution in [3.8, 4) is 11.5 Å². The van der Waals surface area contributed by atoms with Crippen LogP contribution in [-0.4, -0.2) is 32.2 Å². The number of carbonyl (C=O) groups is 2. The van der Waals surface area contributed by atoms with E-state index in [1.54, 1.807) is 24.3 Å². The summed E-state index contributed by atoms with van der Waals surface area (Å²) >= 11 is 0. The maximum atomic E-state index is 12.8. The number of ether oxygens (including phenoxy) is 3. The predicted molar refractivity (Wildman–Crippen MR) is 99.2 cm³/mol. The van der Waals surface area contributed by atoms with Crippen molar-refractivity contribution in [1.29, 1.82) is 0 Å². The maximum absolute atomic E-state index is 12.8. The summed E-state index contributed by atoms with van der Waals surface area (Å²) in [5, 5.41) is 2.49. The number of methoxy groups -OCH3 is 1. The average molecular weight is 373 g/mol. The first-order valence-electron chi connectivity index (χ1n) is 8.23. The summed E-state index contributed by atoms with van der Waals surface area (Å²) in [5.74, 6) is -0.443. The summed E-state index contributed by atoms with van der Waals surface area (Å²) in [7, 11) is 1.53. The molecule has 0 unspecified atom stereocenters. The zero-order valence-electron chi connectivity index (χ0n) is 15.0. The Balaban J connectivity index is 1.85. The number of carbonyl (C=O) groups excluding carboxylic acids is 2. The fourth-order valence-corrected chi connectivity index (χ4v) is 2.14. The van der Waals surface area contributed by atoms with E-state index in [-0.39, 0.29) is 0 Å². The van der Waals surface area contributed by atoms with Crippen molar-refractivity contribution >= 4 is 23.6 Å². The lowest BCUT2D eigenvalue weighted by molar-refractivity contribution is -0.142. The molecule has 0 aliphatic heterocycles. The average Bonchev–Trinajstić information content (AvgIpc) is 2.67. The van der Waals surface area contributed by atoms with Gasteiger partial charge in [-0.2, -0.15) is 0 Å². The van der Waals surface area contributed by atoms with Crippen LogP contribution >= 0.6 is 0 Å². The van der Waals surface area contributed by atoms with Crippen molar-refractivity contribution in [2.24, 2.45) is 0 Å². The van der Waals surface area contributed by atoms with Crippen LogP contribution in [0.25, 0.3) is 6.08 Å². The molecule has 7 heteroatoms. The molecule has 0 radical (unpaired) electrons. The number of benzene rings is 2. The largest absolute Gasteiger partial charge is 0.493 e. The number of anilines is 1. The molecule has 0 heterocycles. The first kappa shape index (κ1) is 20.0. The Kier molecular flexibility index (Phi) is 7.37. The molecule has 6 nitrogen and oxygen atoms in total. The Morgan fingerprint density at radius 3 is 2.52 bits per heavy atom. The van der Waals surface area contributed by atoms with Crippen LogP contribution in [0, 0.1) is 5.82 Å². The van der Waals surface area contributed by atoms with Crippen molar-refractivity contribution < 1.29 is 28.2 Å². The van der Waals surface area contributed by atoms with Crippen LogP contribution in [0.3, 0.4) is 0 Å². The van der Waals surface area contributed by atoms with E-state index in [1.807, 2.05) is 6.92 Å². The number of rotatable bonds is 8. The molecule has 0 atom stereocenters. The van der Waals surface area contributed by atoms with E-state index in [0.717, 1.165) is 0 Å². The van der Waals surface area contributed by atoms with E-state index >= 15 is 0 Å². The molecule has 0 aliphatic rings. The minimum absolute atomic E-state index is 0.407. The minimum Gasteiger partial charge on any atom is -0.493 e. The zero-order valence-corrected chi connectivity index (χ0v) is 15.0. The second kappa shape index (κ2) is 9.96. The van der Waals surface area contributed by atoms with E-state index in [9.17, 15) is 14.0 Å². The summed E-state index contributed by atoms with van der Waals surface area (Å²) in [6.45, 7) is 1.93. The van der Waals surface area contributed by atoms with Gasteiger partial charge in [0.1, 0.15) is 5.82 Å².